The Morgan fingerprint density at radius 1 is 1.29 bits per heavy atom. The highest BCUT2D eigenvalue weighted by molar-refractivity contribution is 5.28. The van der Waals surface area contributed by atoms with Crippen molar-refractivity contribution in [1.82, 2.24) is 5.32 Å². The Kier molecular flexibility index (Phi) is 5.51. The molecular formula is C16H22F3NO. The number of benzene rings is 1. The van der Waals surface area contributed by atoms with Crippen LogP contribution in [0.5, 0.6) is 5.75 Å². The molecule has 2 unspecified atom stereocenters. The highest BCUT2D eigenvalue weighted by Gasteiger charge is 2.41. The van der Waals surface area contributed by atoms with E-state index in [4.69, 9.17) is 4.74 Å². The average molecular weight is 301 g/mol. The molecule has 21 heavy (non-hydrogen) atoms. The van der Waals surface area contributed by atoms with E-state index < -0.39 is 12.1 Å². The van der Waals surface area contributed by atoms with Gasteiger partial charge in [0.05, 0.1) is 13.0 Å². The predicted molar refractivity (Wildman–Crippen MR) is 76.5 cm³/mol. The first-order chi connectivity index (χ1) is 9.99. The van der Waals surface area contributed by atoms with E-state index in [1.165, 1.54) is 0 Å². The van der Waals surface area contributed by atoms with Crippen LogP contribution in [0.2, 0.25) is 0 Å². The van der Waals surface area contributed by atoms with Gasteiger partial charge in [0.1, 0.15) is 5.75 Å². The third kappa shape index (κ3) is 4.92. The quantitative estimate of drug-likeness (QED) is 0.889. The molecule has 1 aromatic carbocycles. The Hall–Kier alpha value is -1.23. The second-order valence-corrected chi connectivity index (χ2v) is 5.66. The fourth-order valence-electron chi connectivity index (χ4n) is 2.92. The van der Waals surface area contributed by atoms with Gasteiger partial charge in [0.15, 0.2) is 0 Å². The summed E-state index contributed by atoms with van der Waals surface area (Å²) in [4.78, 5) is 0. The van der Waals surface area contributed by atoms with Crippen LogP contribution in [-0.2, 0) is 6.42 Å². The van der Waals surface area contributed by atoms with Crippen molar-refractivity contribution in [1.29, 1.82) is 0 Å². The molecule has 1 aliphatic carbocycles. The van der Waals surface area contributed by atoms with Crippen molar-refractivity contribution in [2.75, 3.05) is 13.7 Å². The average Bonchev–Trinajstić information content (AvgIpc) is 2.47. The minimum absolute atomic E-state index is 0.0176. The van der Waals surface area contributed by atoms with Gasteiger partial charge >= 0.3 is 6.18 Å². The standard InChI is InChI=1S/C16H22F3NO/c1-21-15-7-2-4-12(10-15)8-9-20-14-6-3-5-13(11-14)16(17,18)19/h2,4,7,10,13-14,20H,3,5-6,8-9,11H2,1H3. The minimum atomic E-state index is -4.05. The predicted octanol–water partition coefficient (Wildman–Crippen LogP) is 3.95. The summed E-state index contributed by atoms with van der Waals surface area (Å²) in [5.74, 6) is -0.331. The third-order valence-corrected chi connectivity index (χ3v) is 4.12. The molecule has 0 bridgehead atoms. The van der Waals surface area contributed by atoms with Gasteiger partial charge in [0, 0.05) is 6.04 Å². The molecule has 1 saturated carbocycles. The Morgan fingerprint density at radius 3 is 2.81 bits per heavy atom. The zero-order chi connectivity index (χ0) is 15.3. The van der Waals surface area contributed by atoms with E-state index in [2.05, 4.69) is 5.32 Å². The van der Waals surface area contributed by atoms with Crippen molar-refractivity contribution >= 4 is 0 Å². The molecule has 118 valence electrons. The molecule has 5 heteroatoms. The third-order valence-electron chi connectivity index (χ3n) is 4.12. The van der Waals surface area contributed by atoms with Gasteiger partial charge in [-0.05, 0) is 49.9 Å². The van der Waals surface area contributed by atoms with Gasteiger partial charge in [0.2, 0.25) is 0 Å². The number of ether oxygens (including phenoxy) is 1. The lowest BCUT2D eigenvalue weighted by Crippen LogP contribution is -2.39. The lowest BCUT2D eigenvalue weighted by Gasteiger charge is -2.31. The Bertz CT molecular complexity index is 447. The Labute approximate surface area is 123 Å². The summed E-state index contributed by atoms with van der Waals surface area (Å²) in [5.41, 5.74) is 1.13. The van der Waals surface area contributed by atoms with Crippen LogP contribution in [0, 0.1) is 5.92 Å². The van der Waals surface area contributed by atoms with E-state index in [1.54, 1.807) is 7.11 Å². The van der Waals surface area contributed by atoms with Crippen molar-refractivity contribution in [3.05, 3.63) is 29.8 Å². The topological polar surface area (TPSA) is 21.3 Å². The first kappa shape index (κ1) is 16.1. The molecule has 0 spiro atoms. The number of hydrogen-bond donors (Lipinski definition) is 1. The van der Waals surface area contributed by atoms with E-state index in [9.17, 15) is 13.2 Å². The van der Waals surface area contributed by atoms with Gasteiger partial charge in [0.25, 0.3) is 0 Å². The Morgan fingerprint density at radius 2 is 2.10 bits per heavy atom. The summed E-state index contributed by atoms with van der Waals surface area (Å²) in [5, 5.41) is 3.27. The fraction of sp³-hybridized carbons (Fsp3) is 0.625. The molecule has 2 rings (SSSR count). The van der Waals surface area contributed by atoms with Crippen LogP contribution in [-0.4, -0.2) is 25.9 Å². The zero-order valence-corrected chi connectivity index (χ0v) is 12.2. The van der Waals surface area contributed by atoms with Crippen LogP contribution in [0.25, 0.3) is 0 Å². The van der Waals surface area contributed by atoms with Crippen LogP contribution >= 0.6 is 0 Å². The van der Waals surface area contributed by atoms with Gasteiger partial charge in [-0.25, -0.2) is 0 Å². The van der Waals surface area contributed by atoms with Gasteiger partial charge < -0.3 is 10.1 Å². The fourth-order valence-corrected chi connectivity index (χ4v) is 2.92. The Balaban J connectivity index is 1.77. The van der Waals surface area contributed by atoms with Crippen LogP contribution in [0.3, 0.4) is 0 Å². The number of methoxy groups -OCH3 is 1. The van der Waals surface area contributed by atoms with Crippen LogP contribution in [0.1, 0.15) is 31.2 Å². The SMILES string of the molecule is COc1cccc(CCNC2CCCC(C(F)(F)F)C2)c1. The lowest BCUT2D eigenvalue weighted by molar-refractivity contribution is -0.183. The van der Waals surface area contributed by atoms with Gasteiger partial charge in [-0.2, -0.15) is 13.2 Å². The molecule has 0 amide bonds. The van der Waals surface area contributed by atoms with E-state index in [0.717, 1.165) is 24.2 Å². The minimum Gasteiger partial charge on any atom is -0.497 e. The molecule has 0 aliphatic heterocycles. The maximum absolute atomic E-state index is 12.7. The van der Waals surface area contributed by atoms with E-state index >= 15 is 0 Å². The first-order valence-corrected chi connectivity index (χ1v) is 7.42. The summed E-state index contributed by atoms with van der Waals surface area (Å²) in [6, 6.07) is 7.75. The molecule has 0 radical (unpaired) electrons. The smallest absolute Gasteiger partial charge is 0.391 e. The summed E-state index contributed by atoms with van der Waals surface area (Å²) in [7, 11) is 1.62. The molecule has 1 N–H and O–H groups in total. The first-order valence-electron chi connectivity index (χ1n) is 7.42. The van der Waals surface area contributed by atoms with Crippen molar-refractivity contribution in [2.24, 2.45) is 5.92 Å². The molecule has 2 nitrogen and oxygen atoms in total. The highest BCUT2D eigenvalue weighted by Crippen LogP contribution is 2.37. The number of halogens is 3. The second-order valence-electron chi connectivity index (χ2n) is 5.66. The lowest BCUT2D eigenvalue weighted by atomic mass is 9.85. The van der Waals surface area contributed by atoms with E-state index in [1.807, 2.05) is 24.3 Å². The maximum Gasteiger partial charge on any atom is 0.391 e. The number of rotatable bonds is 5. The zero-order valence-electron chi connectivity index (χ0n) is 12.2. The molecule has 2 atom stereocenters. The second kappa shape index (κ2) is 7.16. The summed E-state index contributed by atoms with van der Waals surface area (Å²) < 4.78 is 43.4. The van der Waals surface area contributed by atoms with Gasteiger partial charge in [-0.1, -0.05) is 18.6 Å². The summed E-state index contributed by atoms with van der Waals surface area (Å²) in [6.45, 7) is 0.697. The van der Waals surface area contributed by atoms with Crippen molar-refractivity contribution in [2.45, 2.75) is 44.3 Å². The van der Waals surface area contributed by atoms with Gasteiger partial charge in [-0.3, -0.25) is 0 Å². The molecule has 1 aromatic rings. The van der Waals surface area contributed by atoms with E-state index in [0.29, 0.717) is 13.0 Å². The van der Waals surface area contributed by atoms with Crippen molar-refractivity contribution in [3.8, 4) is 5.75 Å². The monoisotopic (exact) mass is 301 g/mol. The molecule has 0 aromatic heterocycles. The number of alkyl halides is 3. The summed E-state index contributed by atoms with van der Waals surface area (Å²) in [6.07, 6.45) is -1.28. The van der Waals surface area contributed by atoms with Crippen LogP contribution in [0.4, 0.5) is 13.2 Å². The largest absolute Gasteiger partial charge is 0.497 e. The maximum atomic E-state index is 12.7. The molecule has 0 heterocycles. The molecular weight excluding hydrogens is 279 g/mol. The van der Waals surface area contributed by atoms with E-state index in [-0.39, 0.29) is 18.9 Å². The van der Waals surface area contributed by atoms with Crippen LogP contribution in [0.15, 0.2) is 24.3 Å². The normalized spacial score (nSPS) is 23.0. The molecule has 1 aliphatic rings. The van der Waals surface area contributed by atoms with Crippen LogP contribution < -0.4 is 10.1 Å². The number of nitrogens with one attached hydrogen (secondary N) is 1. The summed E-state index contributed by atoms with van der Waals surface area (Å²) >= 11 is 0. The highest BCUT2D eigenvalue weighted by atomic mass is 19.4. The van der Waals surface area contributed by atoms with Crippen molar-refractivity contribution < 1.29 is 17.9 Å². The number of hydrogen-bond acceptors (Lipinski definition) is 2. The van der Waals surface area contributed by atoms with Crippen molar-refractivity contribution in [3.63, 3.8) is 0 Å². The molecule has 0 saturated heterocycles. The molecule has 1 fully saturated rings. The van der Waals surface area contributed by atoms with Gasteiger partial charge in [-0.15, -0.1) is 0 Å².